The van der Waals surface area contributed by atoms with Crippen LogP contribution in [-0.2, 0) is 0 Å². The van der Waals surface area contributed by atoms with E-state index in [1.165, 1.54) is 0 Å². The second kappa shape index (κ2) is 1.90. The average Bonchev–Trinajstić information content (AvgIpc) is 2.47. The Morgan fingerprint density at radius 2 is 2.11 bits per heavy atom. The van der Waals surface area contributed by atoms with Crippen LogP contribution >= 0.6 is 0 Å². The lowest BCUT2D eigenvalue weighted by atomic mass is 10.2. The van der Waals surface area contributed by atoms with Crippen LogP contribution < -0.4 is 0 Å². The van der Waals surface area contributed by atoms with Crippen LogP contribution in [-0.4, -0.2) is 17.6 Å². The fourth-order valence-electron chi connectivity index (χ4n) is 1.03. The quantitative estimate of drug-likeness (QED) is 0.606. The predicted octanol–water partition coefficient (Wildman–Crippen LogP) is 1.27. The van der Waals surface area contributed by atoms with E-state index < -0.39 is 18.4 Å². The highest BCUT2D eigenvalue weighted by atomic mass is 19.3. The standard InChI is InChI=1S/C6H10F2O/c1-4-2-5(4)6(7,8)3-9/h4-5,9H,2-3H2,1H3. The molecule has 9 heavy (non-hydrogen) atoms. The summed E-state index contributed by atoms with van der Waals surface area (Å²) in [5, 5.41) is 8.17. The number of alkyl halides is 2. The van der Waals surface area contributed by atoms with E-state index in [2.05, 4.69) is 0 Å². The molecule has 0 saturated heterocycles. The van der Waals surface area contributed by atoms with Crippen molar-refractivity contribution in [2.45, 2.75) is 19.3 Å². The van der Waals surface area contributed by atoms with E-state index in [0.29, 0.717) is 6.42 Å². The molecule has 1 nitrogen and oxygen atoms in total. The number of aliphatic hydroxyl groups excluding tert-OH is 1. The Kier molecular flexibility index (Phi) is 1.47. The average molecular weight is 136 g/mol. The van der Waals surface area contributed by atoms with E-state index >= 15 is 0 Å². The Morgan fingerprint density at radius 3 is 2.22 bits per heavy atom. The maximum Gasteiger partial charge on any atom is 0.273 e. The molecule has 0 heterocycles. The molecule has 0 radical (unpaired) electrons. The van der Waals surface area contributed by atoms with Gasteiger partial charge in [0.1, 0.15) is 6.61 Å². The third kappa shape index (κ3) is 1.21. The summed E-state index contributed by atoms with van der Waals surface area (Å²) in [5.41, 5.74) is 0. The number of hydrogen-bond donors (Lipinski definition) is 1. The molecule has 0 spiro atoms. The number of hydrogen-bond acceptors (Lipinski definition) is 1. The molecule has 0 aromatic carbocycles. The fraction of sp³-hybridized carbons (Fsp3) is 1.00. The van der Waals surface area contributed by atoms with E-state index in [-0.39, 0.29) is 5.92 Å². The molecular formula is C6H10F2O. The van der Waals surface area contributed by atoms with Crippen molar-refractivity contribution < 1.29 is 13.9 Å². The highest BCUT2D eigenvalue weighted by Gasteiger charge is 2.51. The summed E-state index contributed by atoms with van der Waals surface area (Å²) in [6, 6.07) is 0. The summed E-state index contributed by atoms with van der Waals surface area (Å²) in [7, 11) is 0. The lowest BCUT2D eigenvalue weighted by Crippen LogP contribution is -2.24. The van der Waals surface area contributed by atoms with Crippen molar-refractivity contribution in [3.8, 4) is 0 Å². The van der Waals surface area contributed by atoms with Gasteiger partial charge in [-0.25, -0.2) is 8.78 Å². The molecule has 54 valence electrons. The molecule has 1 rings (SSSR count). The predicted molar refractivity (Wildman–Crippen MR) is 29.3 cm³/mol. The minimum Gasteiger partial charge on any atom is -0.390 e. The van der Waals surface area contributed by atoms with Gasteiger partial charge in [-0.15, -0.1) is 0 Å². The molecule has 1 N–H and O–H groups in total. The molecule has 1 saturated carbocycles. The summed E-state index contributed by atoms with van der Waals surface area (Å²) < 4.78 is 24.7. The zero-order valence-electron chi connectivity index (χ0n) is 5.27. The maximum atomic E-state index is 12.3. The van der Waals surface area contributed by atoms with Gasteiger partial charge in [-0.2, -0.15) is 0 Å². The molecule has 2 unspecified atom stereocenters. The second-order valence-electron chi connectivity index (χ2n) is 2.74. The topological polar surface area (TPSA) is 20.2 Å². The largest absolute Gasteiger partial charge is 0.390 e. The fourth-order valence-corrected chi connectivity index (χ4v) is 1.03. The maximum absolute atomic E-state index is 12.3. The van der Waals surface area contributed by atoms with Gasteiger partial charge < -0.3 is 5.11 Å². The van der Waals surface area contributed by atoms with Gasteiger partial charge in [0.15, 0.2) is 0 Å². The molecule has 1 fully saturated rings. The molecule has 2 atom stereocenters. The summed E-state index contributed by atoms with van der Waals surface area (Å²) in [5.74, 6) is -3.27. The van der Waals surface area contributed by atoms with Crippen molar-refractivity contribution in [1.82, 2.24) is 0 Å². The van der Waals surface area contributed by atoms with Crippen LogP contribution in [0.2, 0.25) is 0 Å². The van der Waals surface area contributed by atoms with Gasteiger partial charge in [0.25, 0.3) is 5.92 Å². The first-order chi connectivity index (χ1) is 4.08. The van der Waals surface area contributed by atoms with E-state index in [1.807, 2.05) is 0 Å². The van der Waals surface area contributed by atoms with Gasteiger partial charge in [-0.1, -0.05) is 6.92 Å². The Bertz CT molecular complexity index is 114. The van der Waals surface area contributed by atoms with Crippen molar-refractivity contribution in [1.29, 1.82) is 0 Å². The van der Waals surface area contributed by atoms with Gasteiger partial charge in [0.05, 0.1) is 0 Å². The Balaban J connectivity index is 2.41. The molecule has 3 heteroatoms. The Morgan fingerprint density at radius 1 is 1.67 bits per heavy atom. The van der Waals surface area contributed by atoms with Gasteiger partial charge >= 0.3 is 0 Å². The first-order valence-corrected chi connectivity index (χ1v) is 3.06. The van der Waals surface area contributed by atoms with Crippen LogP contribution in [0, 0.1) is 11.8 Å². The molecular weight excluding hydrogens is 126 g/mol. The first kappa shape index (κ1) is 6.93. The second-order valence-corrected chi connectivity index (χ2v) is 2.74. The zero-order valence-corrected chi connectivity index (χ0v) is 5.27. The minimum absolute atomic E-state index is 0.104. The van der Waals surface area contributed by atoms with Crippen LogP contribution in [0.3, 0.4) is 0 Å². The minimum atomic E-state index is -2.82. The van der Waals surface area contributed by atoms with Crippen LogP contribution in [0.25, 0.3) is 0 Å². The van der Waals surface area contributed by atoms with Crippen LogP contribution in [0.1, 0.15) is 13.3 Å². The summed E-state index contributed by atoms with van der Waals surface area (Å²) in [6.45, 7) is 0.774. The van der Waals surface area contributed by atoms with Crippen LogP contribution in [0.4, 0.5) is 8.78 Å². The van der Waals surface area contributed by atoms with Crippen LogP contribution in [0.15, 0.2) is 0 Å². The van der Waals surface area contributed by atoms with Gasteiger partial charge in [-0.05, 0) is 12.3 Å². The van der Waals surface area contributed by atoms with E-state index in [9.17, 15) is 8.78 Å². The highest BCUT2D eigenvalue weighted by molar-refractivity contribution is 4.92. The van der Waals surface area contributed by atoms with Gasteiger partial charge in [0, 0.05) is 5.92 Å². The van der Waals surface area contributed by atoms with Crippen molar-refractivity contribution in [3.05, 3.63) is 0 Å². The smallest absolute Gasteiger partial charge is 0.273 e. The number of halogens is 2. The monoisotopic (exact) mass is 136 g/mol. The molecule has 0 aromatic heterocycles. The zero-order chi connectivity index (χ0) is 7.07. The molecule has 1 aliphatic rings. The normalized spacial score (nSPS) is 34.7. The summed E-state index contributed by atoms with van der Waals surface area (Å²) in [6.07, 6.45) is 0.563. The third-order valence-electron chi connectivity index (χ3n) is 1.86. The SMILES string of the molecule is CC1CC1C(F)(F)CO. The number of aliphatic hydroxyl groups is 1. The van der Waals surface area contributed by atoms with E-state index in [4.69, 9.17) is 5.11 Å². The molecule has 0 bridgehead atoms. The first-order valence-electron chi connectivity index (χ1n) is 3.06. The van der Waals surface area contributed by atoms with E-state index in [0.717, 1.165) is 0 Å². The van der Waals surface area contributed by atoms with E-state index in [1.54, 1.807) is 6.92 Å². The van der Waals surface area contributed by atoms with Gasteiger partial charge in [0.2, 0.25) is 0 Å². The summed E-state index contributed by atoms with van der Waals surface area (Å²) in [4.78, 5) is 0. The van der Waals surface area contributed by atoms with Crippen molar-refractivity contribution in [2.24, 2.45) is 11.8 Å². The van der Waals surface area contributed by atoms with Crippen molar-refractivity contribution in [3.63, 3.8) is 0 Å². The van der Waals surface area contributed by atoms with Crippen molar-refractivity contribution >= 4 is 0 Å². The summed E-state index contributed by atoms with van der Waals surface area (Å²) >= 11 is 0. The molecule has 0 aliphatic heterocycles. The Hall–Kier alpha value is -0.180. The molecule has 1 aliphatic carbocycles. The van der Waals surface area contributed by atoms with Crippen molar-refractivity contribution in [2.75, 3.05) is 6.61 Å². The lowest BCUT2D eigenvalue weighted by Gasteiger charge is -2.10. The van der Waals surface area contributed by atoms with Crippen LogP contribution in [0.5, 0.6) is 0 Å². The number of rotatable bonds is 2. The third-order valence-corrected chi connectivity index (χ3v) is 1.86. The molecule has 0 amide bonds. The molecule has 0 aromatic rings. The highest BCUT2D eigenvalue weighted by Crippen LogP contribution is 2.48. The van der Waals surface area contributed by atoms with Gasteiger partial charge in [-0.3, -0.25) is 0 Å². The Labute approximate surface area is 52.7 Å². The lowest BCUT2D eigenvalue weighted by molar-refractivity contribution is -0.0718.